The summed E-state index contributed by atoms with van der Waals surface area (Å²) in [5.74, 6) is -0.160. The summed E-state index contributed by atoms with van der Waals surface area (Å²) in [5.41, 5.74) is 0.920. The van der Waals surface area contributed by atoms with Crippen molar-refractivity contribution < 1.29 is 14.7 Å². The van der Waals surface area contributed by atoms with E-state index in [1.54, 1.807) is 18.8 Å². The zero-order valence-corrected chi connectivity index (χ0v) is 12.7. The summed E-state index contributed by atoms with van der Waals surface area (Å²) >= 11 is 1.69. The molecule has 1 rings (SSSR count). The molecule has 0 bridgehead atoms. The highest BCUT2D eigenvalue weighted by atomic mass is 32.2. The predicted molar refractivity (Wildman–Crippen MR) is 82.0 cm³/mol. The topological polar surface area (TPSA) is 57.6 Å². The highest BCUT2D eigenvalue weighted by molar-refractivity contribution is 7.98. The van der Waals surface area contributed by atoms with Crippen LogP contribution >= 0.6 is 11.8 Å². The number of nitrogens with zero attached hydrogens (tertiary/aromatic N) is 1. The van der Waals surface area contributed by atoms with Crippen molar-refractivity contribution in [1.29, 1.82) is 0 Å². The lowest BCUT2D eigenvalue weighted by Crippen LogP contribution is -2.43. The van der Waals surface area contributed by atoms with E-state index in [2.05, 4.69) is 0 Å². The Kier molecular flexibility index (Phi) is 7.15. The summed E-state index contributed by atoms with van der Waals surface area (Å²) in [6, 6.07) is 8.57. The van der Waals surface area contributed by atoms with Gasteiger partial charge in [0.15, 0.2) is 0 Å². The van der Waals surface area contributed by atoms with E-state index in [-0.39, 0.29) is 5.91 Å². The van der Waals surface area contributed by atoms with Crippen LogP contribution in [0.1, 0.15) is 18.4 Å². The van der Waals surface area contributed by atoms with Crippen LogP contribution < -0.4 is 0 Å². The van der Waals surface area contributed by atoms with Gasteiger partial charge in [0.1, 0.15) is 6.04 Å². The molecule has 1 amide bonds. The van der Waals surface area contributed by atoms with Gasteiger partial charge < -0.3 is 10.0 Å². The molecule has 1 unspecified atom stereocenters. The highest BCUT2D eigenvalue weighted by Gasteiger charge is 2.26. The van der Waals surface area contributed by atoms with Crippen molar-refractivity contribution in [1.82, 2.24) is 4.90 Å². The number of thioether (sulfide) groups is 1. The number of likely N-dealkylation sites (N-methyl/N-ethyl adjacent to an activating group) is 1. The Labute approximate surface area is 124 Å². The minimum Gasteiger partial charge on any atom is -0.480 e. The third kappa shape index (κ3) is 5.25. The Hall–Kier alpha value is -1.49. The third-order valence-electron chi connectivity index (χ3n) is 3.16. The number of rotatable bonds is 8. The summed E-state index contributed by atoms with van der Waals surface area (Å²) in [5, 5.41) is 9.33. The molecular weight excluding hydrogens is 274 g/mol. The largest absolute Gasteiger partial charge is 0.480 e. The molecule has 0 radical (unpaired) electrons. The standard InChI is InChI=1S/C15H21NO3S/c1-16(14(17)9-6-10-20-2)13(15(18)19)11-12-7-4-3-5-8-12/h3-5,7-8,13H,6,9-11H2,1-2H3,(H,18,19). The fourth-order valence-electron chi connectivity index (χ4n) is 1.95. The number of carboxylic acid groups (broad SMARTS) is 1. The highest BCUT2D eigenvalue weighted by Crippen LogP contribution is 2.11. The van der Waals surface area contributed by atoms with Crippen molar-refractivity contribution >= 4 is 23.6 Å². The van der Waals surface area contributed by atoms with Gasteiger partial charge in [-0.05, 0) is 24.0 Å². The van der Waals surface area contributed by atoms with Gasteiger partial charge in [-0.15, -0.1) is 0 Å². The van der Waals surface area contributed by atoms with Crippen molar-refractivity contribution in [3.05, 3.63) is 35.9 Å². The number of aliphatic carboxylic acids is 1. The van der Waals surface area contributed by atoms with Crippen molar-refractivity contribution in [3.8, 4) is 0 Å². The maximum Gasteiger partial charge on any atom is 0.326 e. The van der Waals surface area contributed by atoms with Crippen LogP contribution in [0.4, 0.5) is 0 Å². The van der Waals surface area contributed by atoms with Crippen LogP contribution in [0.5, 0.6) is 0 Å². The van der Waals surface area contributed by atoms with E-state index in [1.807, 2.05) is 36.6 Å². The molecule has 1 aromatic carbocycles. The van der Waals surface area contributed by atoms with E-state index in [0.717, 1.165) is 17.7 Å². The molecule has 5 heteroatoms. The van der Waals surface area contributed by atoms with Gasteiger partial charge in [0.2, 0.25) is 5.91 Å². The minimum atomic E-state index is -0.963. The number of amides is 1. The van der Waals surface area contributed by atoms with E-state index in [4.69, 9.17) is 0 Å². The molecular formula is C15H21NO3S. The summed E-state index contributed by atoms with van der Waals surface area (Å²) < 4.78 is 0. The number of carbonyl (C=O) groups is 2. The number of benzene rings is 1. The summed E-state index contributed by atoms with van der Waals surface area (Å²) in [4.78, 5) is 24.7. The molecule has 0 fully saturated rings. The molecule has 110 valence electrons. The molecule has 1 aromatic rings. The van der Waals surface area contributed by atoms with E-state index < -0.39 is 12.0 Å². The van der Waals surface area contributed by atoms with Crippen LogP contribution in [0.15, 0.2) is 30.3 Å². The van der Waals surface area contributed by atoms with E-state index >= 15 is 0 Å². The molecule has 4 nitrogen and oxygen atoms in total. The number of hydrogen-bond acceptors (Lipinski definition) is 3. The molecule has 0 saturated heterocycles. The normalized spacial score (nSPS) is 11.9. The monoisotopic (exact) mass is 295 g/mol. The van der Waals surface area contributed by atoms with Crippen molar-refractivity contribution in [3.63, 3.8) is 0 Å². The van der Waals surface area contributed by atoms with Crippen molar-refractivity contribution in [2.24, 2.45) is 0 Å². The maximum absolute atomic E-state index is 12.0. The smallest absolute Gasteiger partial charge is 0.326 e. The van der Waals surface area contributed by atoms with Gasteiger partial charge in [-0.25, -0.2) is 4.79 Å². The number of carbonyl (C=O) groups excluding carboxylic acids is 1. The molecule has 0 saturated carbocycles. The lowest BCUT2D eigenvalue weighted by Gasteiger charge is -2.25. The first-order valence-corrected chi connectivity index (χ1v) is 7.97. The third-order valence-corrected chi connectivity index (χ3v) is 3.85. The van der Waals surface area contributed by atoms with Gasteiger partial charge >= 0.3 is 5.97 Å². The first-order chi connectivity index (χ1) is 9.56. The Balaban J connectivity index is 2.65. The molecule has 0 aromatic heterocycles. The second-order valence-electron chi connectivity index (χ2n) is 4.64. The fourth-order valence-corrected chi connectivity index (χ4v) is 2.38. The minimum absolute atomic E-state index is 0.109. The predicted octanol–water partition coefficient (Wildman–Crippen LogP) is 2.28. The Morgan fingerprint density at radius 1 is 1.30 bits per heavy atom. The lowest BCUT2D eigenvalue weighted by molar-refractivity contribution is -0.149. The number of carboxylic acids is 1. The first-order valence-electron chi connectivity index (χ1n) is 6.57. The van der Waals surface area contributed by atoms with Crippen LogP contribution in [0.25, 0.3) is 0 Å². The van der Waals surface area contributed by atoms with Crippen LogP contribution in [0.3, 0.4) is 0 Å². The van der Waals surface area contributed by atoms with Crippen LogP contribution in [0.2, 0.25) is 0 Å². The summed E-state index contributed by atoms with van der Waals surface area (Å²) in [7, 11) is 1.57. The molecule has 0 aliphatic carbocycles. The lowest BCUT2D eigenvalue weighted by atomic mass is 10.0. The number of hydrogen-bond donors (Lipinski definition) is 1. The molecule has 1 N–H and O–H groups in total. The zero-order valence-electron chi connectivity index (χ0n) is 11.9. The van der Waals surface area contributed by atoms with Gasteiger partial charge in [0, 0.05) is 19.9 Å². The second kappa shape index (κ2) is 8.64. The first kappa shape index (κ1) is 16.6. The quantitative estimate of drug-likeness (QED) is 0.748. The van der Waals surface area contributed by atoms with Gasteiger partial charge in [0.25, 0.3) is 0 Å². The average Bonchev–Trinajstić information content (AvgIpc) is 2.45. The molecule has 0 aliphatic heterocycles. The summed E-state index contributed by atoms with van der Waals surface area (Å²) in [6.07, 6.45) is 3.50. The Morgan fingerprint density at radius 3 is 2.50 bits per heavy atom. The van der Waals surface area contributed by atoms with Crippen LogP contribution in [-0.4, -0.2) is 47.0 Å². The second-order valence-corrected chi connectivity index (χ2v) is 5.63. The zero-order chi connectivity index (χ0) is 15.0. The fraction of sp³-hybridized carbons (Fsp3) is 0.467. The maximum atomic E-state index is 12.0. The van der Waals surface area contributed by atoms with Crippen LogP contribution in [0, 0.1) is 0 Å². The average molecular weight is 295 g/mol. The van der Waals surface area contributed by atoms with E-state index in [9.17, 15) is 14.7 Å². The van der Waals surface area contributed by atoms with E-state index in [0.29, 0.717) is 12.8 Å². The molecule has 20 heavy (non-hydrogen) atoms. The molecule has 0 aliphatic rings. The van der Waals surface area contributed by atoms with Gasteiger partial charge in [-0.3, -0.25) is 4.79 Å². The molecule has 0 heterocycles. The van der Waals surface area contributed by atoms with Crippen molar-refractivity contribution in [2.75, 3.05) is 19.1 Å². The molecule has 1 atom stereocenters. The Bertz CT molecular complexity index is 436. The van der Waals surface area contributed by atoms with Gasteiger partial charge in [-0.1, -0.05) is 30.3 Å². The van der Waals surface area contributed by atoms with Crippen LogP contribution in [-0.2, 0) is 16.0 Å². The molecule has 0 spiro atoms. The van der Waals surface area contributed by atoms with E-state index in [1.165, 1.54) is 4.90 Å². The Morgan fingerprint density at radius 2 is 1.95 bits per heavy atom. The van der Waals surface area contributed by atoms with Crippen molar-refractivity contribution in [2.45, 2.75) is 25.3 Å². The van der Waals surface area contributed by atoms with Gasteiger partial charge in [0.05, 0.1) is 0 Å². The summed E-state index contributed by atoms with van der Waals surface area (Å²) in [6.45, 7) is 0. The SMILES string of the molecule is CSCCCC(=O)N(C)C(Cc1ccccc1)C(=O)O. The van der Waals surface area contributed by atoms with Gasteiger partial charge in [-0.2, -0.15) is 11.8 Å².